The van der Waals surface area contributed by atoms with E-state index in [2.05, 4.69) is 38.5 Å². The molecule has 3 nitrogen and oxygen atoms in total. The van der Waals surface area contributed by atoms with Crippen molar-refractivity contribution in [1.29, 1.82) is 0 Å². The summed E-state index contributed by atoms with van der Waals surface area (Å²) in [5.41, 5.74) is 0.978. The zero-order valence-corrected chi connectivity index (χ0v) is 15.7. The second-order valence-electron chi connectivity index (χ2n) is 4.14. The SMILES string of the molecule is COc1cc(Br)c(C(=O)c2cc(Cl)ccc2I)c(OC)c1. The van der Waals surface area contributed by atoms with Crippen molar-refractivity contribution in [1.82, 2.24) is 0 Å². The Balaban J connectivity index is 2.60. The number of rotatable bonds is 4. The zero-order valence-electron chi connectivity index (χ0n) is 11.2. The van der Waals surface area contributed by atoms with E-state index in [0.717, 1.165) is 3.57 Å². The molecule has 0 aromatic heterocycles. The molecule has 2 rings (SSSR count). The van der Waals surface area contributed by atoms with Gasteiger partial charge in [0.05, 0.1) is 19.8 Å². The van der Waals surface area contributed by atoms with Gasteiger partial charge in [-0.1, -0.05) is 11.6 Å². The van der Waals surface area contributed by atoms with Crippen LogP contribution < -0.4 is 9.47 Å². The van der Waals surface area contributed by atoms with Crippen LogP contribution in [0.2, 0.25) is 5.02 Å². The molecule has 0 N–H and O–H groups in total. The lowest BCUT2D eigenvalue weighted by atomic mass is 10.0. The topological polar surface area (TPSA) is 35.5 Å². The van der Waals surface area contributed by atoms with Gasteiger partial charge in [-0.05, 0) is 62.8 Å². The molecule has 6 heteroatoms. The summed E-state index contributed by atoms with van der Waals surface area (Å²) < 4.78 is 11.9. The van der Waals surface area contributed by atoms with Crippen LogP contribution in [0.5, 0.6) is 11.5 Å². The average molecular weight is 482 g/mol. The number of carbonyl (C=O) groups is 1. The molecule has 0 saturated heterocycles. The van der Waals surface area contributed by atoms with Gasteiger partial charge in [-0.25, -0.2) is 0 Å². The van der Waals surface area contributed by atoms with Crippen molar-refractivity contribution >= 4 is 55.9 Å². The summed E-state index contributed by atoms with van der Waals surface area (Å²) in [7, 11) is 3.07. The molecule has 0 heterocycles. The zero-order chi connectivity index (χ0) is 15.6. The van der Waals surface area contributed by atoms with Crippen molar-refractivity contribution in [2.75, 3.05) is 14.2 Å². The number of halogens is 3. The van der Waals surface area contributed by atoms with E-state index >= 15 is 0 Å². The Kier molecular flexibility index (Phi) is 5.51. The highest BCUT2D eigenvalue weighted by atomic mass is 127. The molecule has 2 aromatic rings. The first-order valence-corrected chi connectivity index (χ1v) is 8.14. The summed E-state index contributed by atoms with van der Waals surface area (Å²) in [6, 6.07) is 8.62. The van der Waals surface area contributed by atoms with E-state index in [1.807, 2.05) is 0 Å². The van der Waals surface area contributed by atoms with Crippen LogP contribution in [-0.2, 0) is 0 Å². The Labute approximate surface area is 149 Å². The van der Waals surface area contributed by atoms with E-state index in [0.29, 0.717) is 32.1 Å². The second-order valence-corrected chi connectivity index (χ2v) is 6.59. The highest BCUT2D eigenvalue weighted by Gasteiger charge is 2.21. The normalized spacial score (nSPS) is 10.3. The van der Waals surface area contributed by atoms with Gasteiger partial charge in [0.1, 0.15) is 11.5 Å². The fourth-order valence-electron chi connectivity index (χ4n) is 1.86. The van der Waals surface area contributed by atoms with Crippen molar-refractivity contribution in [3.8, 4) is 11.5 Å². The number of carbonyl (C=O) groups excluding carboxylic acids is 1. The molecular formula is C15H11BrClIO3. The van der Waals surface area contributed by atoms with Gasteiger partial charge >= 0.3 is 0 Å². The molecule has 0 fully saturated rings. The largest absolute Gasteiger partial charge is 0.497 e. The van der Waals surface area contributed by atoms with Crippen LogP contribution in [0, 0.1) is 3.57 Å². The lowest BCUT2D eigenvalue weighted by Crippen LogP contribution is -2.07. The van der Waals surface area contributed by atoms with E-state index in [-0.39, 0.29) is 5.78 Å². The highest BCUT2D eigenvalue weighted by molar-refractivity contribution is 14.1. The van der Waals surface area contributed by atoms with E-state index in [4.69, 9.17) is 21.1 Å². The van der Waals surface area contributed by atoms with Gasteiger partial charge in [-0.3, -0.25) is 4.79 Å². The van der Waals surface area contributed by atoms with Crippen LogP contribution in [0.3, 0.4) is 0 Å². The summed E-state index contributed by atoms with van der Waals surface area (Å²) in [6.07, 6.45) is 0. The van der Waals surface area contributed by atoms with E-state index in [1.54, 1.807) is 37.4 Å². The minimum absolute atomic E-state index is 0.159. The number of benzene rings is 2. The van der Waals surface area contributed by atoms with Crippen LogP contribution in [-0.4, -0.2) is 20.0 Å². The number of ether oxygens (including phenoxy) is 2. The maximum absolute atomic E-state index is 12.8. The molecule has 0 bridgehead atoms. The van der Waals surface area contributed by atoms with Crippen molar-refractivity contribution in [2.45, 2.75) is 0 Å². The molecule has 0 aliphatic carbocycles. The number of hydrogen-bond acceptors (Lipinski definition) is 3. The molecule has 110 valence electrons. The van der Waals surface area contributed by atoms with Gasteiger partial charge < -0.3 is 9.47 Å². The van der Waals surface area contributed by atoms with Crippen molar-refractivity contribution in [3.63, 3.8) is 0 Å². The van der Waals surface area contributed by atoms with Crippen LogP contribution in [0.15, 0.2) is 34.8 Å². The highest BCUT2D eigenvalue weighted by Crippen LogP contribution is 2.35. The summed E-state index contributed by atoms with van der Waals surface area (Å²) in [5.74, 6) is 0.895. The predicted octanol–water partition coefficient (Wildman–Crippen LogP) is 4.96. The molecule has 21 heavy (non-hydrogen) atoms. The molecule has 0 amide bonds. The minimum Gasteiger partial charge on any atom is -0.497 e. The fourth-order valence-corrected chi connectivity index (χ4v) is 3.22. The van der Waals surface area contributed by atoms with Crippen molar-refractivity contribution in [3.05, 3.63) is 54.5 Å². The summed E-state index contributed by atoms with van der Waals surface area (Å²) in [6.45, 7) is 0. The third-order valence-electron chi connectivity index (χ3n) is 2.88. The second kappa shape index (κ2) is 6.98. The number of hydrogen-bond donors (Lipinski definition) is 0. The average Bonchev–Trinajstić information content (AvgIpc) is 2.48. The molecule has 0 saturated carbocycles. The van der Waals surface area contributed by atoms with Crippen molar-refractivity contribution in [2.24, 2.45) is 0 Å². The lowest BCUT2D eigenvalue weighted by molar-refractivity contribution is 0.103. The molecule has 0 atom stereocenters. The first kappa shape index (κ1) is 16.6. The van der Waals surface area contributed by atoms with Crippen LogP contribution in [0.25, 0.3) is 0 Å². The van der Waals surface area contributed by atoms with Gasteiger partial charge in [0.2, 0.25) is 0 Å². The predicted molar refractivity (Wildman–Crippen MR) is 94.8 cm³/mol. The third kappa shape index (κ3) is 3.52. The molecule has 0 aliphatic rings. The standard InChI is InChI=1S/C15H11BrClIO3/c1-20-9-6-11(16)14(13(7-9)21-2)15(19)10-5-8(17)3-4-12(10)18/h3-7H,1-2H3. The Bertz CT molecular complexity index is 704. The Morgan fingerprint density at radius 2 is 1.90 bits per heavy atom. The third-order valence-corrected chi connectivity index (χ3v) is 4.68. The molecule has 2 aromatic carbocycles. The molecule has 0 unspecified atom stereocenters. The van der Waals surface area contributed by atoms with Gasteiger partial charge in [0, 0.05) is 24.7 Å². The van der Waals surface area contributed by atoms with Crippen LogP contribution in [0.4, 0.5) is 0 Å². The maximum atomic E-state index is 12.8. The minimum atomic E-state index is -0.159. The van der Waals surface area contributed by atoms with Crippen LogP contribution in [0.1, 0.15) is 15.9 Å². The Morgan fingerprint density at radius 3 is 2.52 bits per heavy atom. The number of methoxy groups -OCH3 is 2. The van der Waals surface area contributed by atoms with Gasteiger partial charge in [0.15, 0.2) is 5.78 Å². The first-order chi connectivity index (χ1) is 9.97. The Morgan fingerprint density at radius 1 is 1.19 bits per heavy atom. The molecule has 0 spiro atoms. The fraction of sp³-hybridized carbons (Fsp3) is 0.133. The quantitative estimate of drug-likeness (QED) is 0.458. The van der Waals surface area contributed by atoms with Gasteiger partial charge in [0.25, 0.3) is 0 Å². The maximum Gasteiger partial charge on any atom is 0.199 e. The van der Waals surface area contributed by atoms with E-state index in [9.17, 15) is 4.79 Å². The van der Waals surface area contributed by atoms with E-state index in [1.165, 1.54) is 7.11 Å². The van der Waals surface area contributed by atoms with Crippen LogP contribution >= 0.6 is 50.1 Å². The lowest BCUT2D eigenvalue weighted by Gasteiger charge is -2.13. The Hall–Kier alpha value is -0.790. The summed E-state index contributed by atoms with van der Waals surface area (Å²) in [4.78, 5) is 12.8. The smallest absolute Gasteiger partial charge is 0.199 e. The summed E-state index contributed by atoms with van der Waals surface area (Å²) >= 11 is 11.5. The van der Waals surface area contributed by atoms with Gasteiger partial charge in [-0.2, -0.15) is 0 Å². The van der Waals surface area contributed by atoms with Crippen molar-refractivity contribution < 1.29 is 14.3 Å². The van der Waals surface area contributed by atoms with E-state index < -0.39 is 0 Å². The monoisotopic (exact) mass is 480 g/mol. The van der Waals surface area contributed by atoms with Gasteiger partial charge in [-0.15, -0.1) is 0 Å². The first-order valence-electron chi connectivity index (χ1n) is 5.89. The summed E-state index contributed by atoms with van der Waals surface area (Å²) in [5, 5.41) is 0.516. The molecule has 0 radical (unpaired) electrons. The molecule has 0 aliphatic heterocycles. The molecular weight excluding hydrogens is 470 g/mol. The number of ketones is 1.